The summed E-state index contributed by atoms with van der Waals surface area (Å²) in [7, 11) is 1.91. The van der Waals surface area contributed by atoms with Crippen molar-refractivity contribution in [3.05, 3.63) is 59.7 Å². The Bertz CT molecular complexity index is 503. The maximum Gasteiger partial charge on any atom is 0.211 e. The highest BCUT2D eigenvalue weighted by Crippen LogP contribution is 2.15. The van der Waals surface area contributed by atoms with Gasteiger partial charge >= 0.3 is 0 Å². The molecular weight excluding hydrogens is 224 g/mol. The van der Waals surface area contributed by atoms with E-state index in [0.29, 0.717) is 6.41 Å². The first-order valence-corrected chi connectivity index (χ1v) is 5.87. The van der Waals surface area contributed by atoms with Gasteiger partial charge in [-0.05, 0) is 41.8 Å². The monoisotopic (exact) mass is 240 g/mol. The Morgan fingerprint density at radius 1 is 0.889 bits per heavy atom. The lowest BCUT2D eigenvalue weighted by molar-refractivity contribution is -0.105. The standard InChI is InChI=1S/C15H16N2O/c1-16-14-6-2-12(3-7-14)10-13-4-8-15(9-5-13)17-11-18/h2-9,11,16H,10H2,1H3,(H,17,18). The molecule has 1 amide bonds. The van der Waals surface area contributed by atoms with Crippen LogP contribution in [0.2, 0.25) is 0 Å². The van der Waals surface area contributed by atoms with Gasteiger partial charge in [-0.1, -0.05) is 24.3 Å². The molecule has 0 bridgehead atoms. The van der Waals surface area contributed by atoms with E-state index in [-0.39, 0.29) is 0 Å². The summed E-state index contributed by atoms with van der Waals surface area (Å²) >= 11 is 0. The molecule has 18 heavy (non-hydrogen) atoms. The van der Waals surface area contributed by atoms with E-state index in [0.717, 1.165) is 17.8 Å². The van der Waals surface area contributed by atoms with Crippen molar-refractivity contribution in [2.75, 3.05) is 17.7 Å². The van der Waals surface area contributed by atoms with E-state index in [4.69, 9.17) is 0 Å². The number of hydrogen-bond acceptors (Lipinski definition) is 2. The van der Waals surface area contributed by atoms with Gasteiger partial charge in [0.25, 0.3) is 0 Å². The Morgan fingerprint density at radius 3 is 1.83 bits per heavy atom. The number of carbonyl (C=O) groups is 1. The highest BCUT2D eigenvalue weighted by molar-refractivity contribution is 5.71. The fourth-order valence-corrected chi connectivity index (χ4v) is 1.81. The summed E-state index contributed by atoms with van der Waals surface area (Å²) < 4.78 is 0. The fraction of sp³-hybridized carbons (Fsp3) is 0.133. The number of nitrogens with one attached hydrogen (secondary N) is 2. The van der Waals surface area contributed by atoms with Gasteiger partial charge in [0.05, 0.1) is 0 Å². The van der Waals surface area contributed by atoms with Crippen LogP contribution in [0.1, 0.15) is 11.1 Å². The zero-order chi connectivity index (χ0) is 12.8. The Labute approximate surface area is 107 Å². The summed E-state index contributed by atoms with van der Waals surface area (Å²) in [6.07, 6.45) is 1.58. The van der Waals surface area contributed by atoms with E-state index in [2.05, 4.69) is 34.9 Å². The van der Waals surface area contributed by atoms with E-state index < -0.39 is 0 Å². The topological polar surface area (TPSA) is 41.1 Å². The van der Waals surface area contributed by atoms with Crippen LogP contribution in [-0.2, 0) is 11.2 Å². The maximum atomic E-state index is 10.3. The van der Waals surface area contributed by atoms with Crippen molar-refractivity contribution < 1.29 is 4.79 Å². The minimum Gasteiger partial charge on any atom is -0.388 e. The Morgan fingerprint density at radius 2 is 1.39 bits per heavy atom. The summed E-state index contributed by atoms with van der Waals surface area (Å²) in [5, 5.41) is 5.72. The minimum absolute atomic E-state index is 0.686. The molecule has 0 aliphatic carbocycles. The van der Waals surface area contributed by atoms with E-state index in [1.807, 2.05) is 31.3 Å². The number of hydrogen-bond donors (Lipinski definition) is 2. The molecule has 3 heteroatoms. The number of anilines is 2. The molecule has 2 aromatic rings. The molecule has 2 rings (SSSR count). The van der Waals surface area contributed by atoms with Gasteiger partial charge in [0.15, 0.2) is 0 Å². The Kier molecular flexibility index (Phi) is 3.97. The smallest absolute Gasteiger partial charge is 0.211 e. The predicted molar refractivity (Wildman–Crippen MR) is 74.9 cm³/mol. The van der Waals surface area contributed by atoms with Gasteiger partial charge < -0.3 is 10.6 Å². The largest absolute Gasteiger partial charge is 0.388 e. The molecule has 2 aromatic carbocycles. The van der Waals surface area contributed by atoms with Crippen LogP contribution in [0, 0.1) is 0 Å². The highest BCUT2D eigenvalue weighted by Gasteiger charge is 1.97. The van der Waals surface area contributed by atoms with Crippen molar-refractivity contribution in [1.29, 1.82) is 0 Å². The third kappa shape index (κ3) is 3.10. The Balaban J connectivity index is 2.05. The van der Waals surface area contributed by atoms with E-state index >= 15 is 0 Å². The molecule has 3 nitrogen and oxygen atoms in total. The third-order valence-electron chi connectivity index (χ3n) is 2.83. The molecule has 0 saturated carbocycles. The van der Waals surface area contributed by atoms with Gasteiger partial charge in [-0.15, -0.1) is 0 Å². The zero-order valence-electron chi connectivity index (χ0n) is 10.3. The maximum absolute atomic E-state index is 10.3. The number of benzene rings is 2. The molecule has 92 valence electrons. The summed E-state index contributed by atoms with van der Waals surface area (Å²) in [4.78, 5) is 10.3. The van der Waals surface area contributed by atoms with Crippen LogP contribution in [0.3, 0.4) is 0 Å². The SMILES string of the molecule is CNc1ccc(Cc2ccc(NC=O)cc2)cc1. The first kappa shape index (κ1) is 12.2. The summed E-state index contributed by atoms with van der Waals surface area (Å²) in [6.45, 7) is 0. The van der Waals surface area contributed by atoms with Crippen molar-refractivity contribution in [3.63, 3.8) is 0 Å². The van der Waals surface area contributed by atoms with Crippen LogP contribution in [0.5, 0.6) is 0 Å². The van der Waals surface area contributed by atoms with Crippen LogP contribution >= 0.6 is 0 Å². The van der Waals surface area contributed by atoms with E-state index in [9.17, 15) is 4.79 Å². The van der Waals surface area contributed by atoms with Gasteiger partial charge in [0.1, 0.15) is 0 Å². The second-order valence-corrected chi connectivity index (χ2v) is 4.08. The number of amides is 1. The van der Waals surface area contributed by atoms with Crippen molar-refractivity contribution in [3.8, 4) is 0 Å². The molecule has 0 unspecified atom stereocenters. The van der Waals surface area contributed by atoms with Gasteiger partial charge in [-0.25, -0.2) is 0 Å². The molecule has 0 spiro atoms. The lowest BCUT2D eigenvalue weighted by atomic mass is 10.0. The summed E-state index contributed by atoms with van der Waals surface area (Å²) in [6, 6.07) is 16.2. The van der Waals surface area contributed by atoms with Gasteiger partial charge in [-0.3, -0.25) is 4.79 Å². The van der Waals surface area contributed by atoms with Crippen molar-refractivity contribution in [1.82, 2.24) is 0 Å². The molecule has 0 heterocycles. The quantitative estimate of drug-likeness (QED) is 0.789. The average Bonchev–Trinajstić information content (AvgIpc) is 2.42. The van der Waals surface area contributed by atoms with Gasteiger partial charge in [0.2, 0.25) is 6.41 Å². The zero-order valence-corrected chi connectivity index (χ0v) is 10.3. The van der Waals surface area contributed by atoms with Gasteiger partial charge in [0, 0.05) is 18.4 Å². The normalized spacial score (nSPS) is 9.83. The Hall–Kier alpha value is -2.29. The van der Waals surface area contributed by atoms with Crippen LogP contribution in [0.4, 0.5) is 11.4 Å². The third-order valence-corrected chi connectivity index (χ3v) is 2.83. The lowest BCUT2D eigenvalue weighted by Gasteiger charge is -2.05. The van der Waals surface area contributed by atoms with Crippen LogP contribution < -0.4 is 10.6 Å². The first-order valence-electron chi connectivity index (χ1n) is 5.87. The highest BCUT2D eigenvalue weighted by atomic mass is 16.1. The van der Waals surface area contributed by atoms with Gasteiger partial charge in [-0.2, -0.15) is 0 Å². The number of rotatable bonds is 5. The molecule has 0 aliphatic rings. The summed E-state index contributed by atoms with van der Waals surface area (Å²) in [5.41, 5.74) is 4.43. The average molecular weight is 240 g/mol. The van der Waals surface area contributed by atoms with E-state index in [1.54, 1.807) is 0 Å². The predicted octanol–water partition coefficient (Wildman–Crippen LogP) is 2.89. The van der Waals surface area contributed by atoms with Crippen LogP contribution in [-0.4, -0.2) is 13.5 Å². The molecule has 0 fully saturated rings. The molecule has 2 N–H and O–H groups in total. The lowest BCUT2D eigenvalue weighted by Crippen LogP contribution is -1.94. The van der Waals surface area contributed by atoms with E-state index in [1.165, 1.54) is 11.1 Å². The first-order chi connectivity index (χ1) is 8.81. The van der Waals surface area contributed by atoms with Crippen LogP contribution in [0.25, 0.3) is 0 Å². The fourth-order valence-electron chi connectivity index (χ4n) is 1.81. The second kappa shape index (κ2) is 5.87. The molecule has 0 aromatic heterocycles. The van der Waals surface area contributed by atoms with Crippen molar-refractivity contribution >= 4 is 17.8 Å². The minimum atomic E-state index is 0.686. The molecule has 0 radical (unpaired) electrons. The van der Waals surface area contributed by atoms with Crippen LogP contribution in [0.15, 0.2) is 48.5 Å². The van der Waals surface area contributed by atoms with Crippen molar-refractivity contribution in [2.24, 2.45) is 0 Å². The molecule has 0 atom stereocenters. The molecular formula is C15H16N2O. The molecule has 0 saturated heterocycles. The molecule has 0 aliphatic heterocycles. The second-order valence-electron chi connectivity index (χ2n) is 4.08. The van der Waals surface area contributed by atoms with Crippen molar-refractivity contribution in [2.45, 2.75) is 6.42 Å². The summed E-state index contributed by atoms with van der Waals surface area (Å²) in [5.74, 6) is 0. The number of carbonyl (C=O) groups excluding carboxylic acids is 1.